The molecule has 4 fully saturated rings. The van der Waals surface area contributed by atoms with E-state index in [4.69, 9.17) is 0 Å². The van der Waals surface area contributed by atoms with Crippen molar-refractivity contribution in [2.24, 2.45) is 5.92 Å². The Bertz CT molecular complexity index is 341. The lowest BCUT2D eigenvalue weighted by Gasteiger charge is -2.43. The minimum Gasteiger partial charge on any atom is -0.304 e. The van der Waals surface area contributed by atoms with Gasteiger partial charge in [-0.3, -0.25) is 9.80 Å². The second-order valence-electron chi connectivity index (χ2n) is 7.82. The number of rotatable bonds is 4. The molecule has 2 aliphatic carbocycles. The van der Waals surface area contributed by atoms with Gasteiger partial charge >= 0.3 is 0 Å². The third kappa shape index (κ3) is 3.29. The van der Waals surface area contributed by atoms with E-state index in [-0.39, 0.29) is 0 Å². The maximum Gasteiger partial charge on any atom is 0.0141 e. The summed E-state index contributed by atoms with van der Waals surface area (Å²) in [4.78, 5) is 10.7. The van der Waals surface area contributed by atoms with Crippen LogP contribution in [0, 0.1) is 5.92 Å². The van der Waals surface area contributed by atoms with Crippen LogP contribution in [0.15, 0.2) is 0 Å². The molecule has 2 saturated carbocycles. The van der Waals surface area contributed by atoms with E-state index >= 15 is 0 Å². The lowest BCUT2D eigenvalue weighted by molar-refractivity contribution is 0.0576. The number of nitrogens with zero attached hydrogens (tertiary/aromatic N) is 4. The zero-order chi connectivity index (χ0) is 14.2. The van der Waals surface area contributed by atoms with Gasteiger partial charge in [-0.05, 0) is 32.2 Å². The summed E-state index contributed by atoms with van der Waals surface area (Å²) in [6.45, 7) is 11.8. The minimum atomic E-state index is 0.920. The summed E-state index contributed by atoms with van der Waals surface area (Å²) < 4.78 is 0. The zero-order valence-corrected chi connectivity index (χ0v) is 13.7. The molecule has 0 aromatic heterocycles. The monoisotopic (exact) mass is 292 g/mol. The highest BCUT2D eigenvalue weighted by Crippen LogP contribution is 2.37. The number of hydrogen-bond acceptors (Lipinski definition) is 4. The Hall–Kier alpha value is -0.160. The molecule has 0 aromatic rings. The predicted octanol–water partition coefficient (Wildman–Crippen LogP) is 0.792. The van der Waals surface area contributed by atoms with Crippen molar-refractivity contribution in [3.63, 3.8) is 0 Å². The van der Waals surface area contributed by atoms with Gasteiger partial charge in [-0.25, -0.2) is 0 Å². The summed E-state index contributed by atoms with van der Waals surface area (Å²) in [5, 5.41) is 0. The van der Waals surface area contributed by atoms with E-state index in [1.165, 1.54) is 84.6 Å². The summed E-state index contributed by atoms with van der Waals surface area (Å²) in [6, 6.07) is 1.87. The molecule has 21 heavy (non-hydrogen) atoms. The van der Waals surface area contributed by atoms with E-state index in [1.807, 2.05) is 0 Å². The van der Waals surface area contributed by atoms with Crippen molar-refractivity contribution in [1.82, 2.24) is 19.6 Å². The van der Waals surface area contributed by atoms with Gasteiger partial charge in [0.2, 0.25) is 0 Å². The van der Waals surface area contributed by atoms with Gasteiger partial charge in [0.05, 0.1) is 0 Å². The highest BCUT2D eigenvalue weighted by molar-refractivity contribution is 4.98. The predicted molar refractivity (Wildman–Crippen MR) is 86.6 cm³/mol. The fourth-order valence-electron chi connectivity index (χ4n) is 4.42. The van der Waals surface area contributed by atoms with Gasteiger partial charge in [-0.2, -0.15) is 0 Å². The maximum atomic E-state index is 2.76. The van der Waals surface area contributed by atoms with Gasteiger partial charge in [0.25, 0.3) is 0 Å². The van der Waals surface area contributed by atoms with Crippen LogP contribution < -0.4 is 0 Å². The quantitative estimate of drug-likeness (QED) is 0.759. The topological polar surface area (TPSA) is 13.0 Å². The molecule has 0 bridgehead atoms. The van der Waals surface area contributed by atoms with E-state index < -0.39 is 0 Å². The first-order valence-electron chi connectivity index (χ1n) is 9.18. The van der Waals surface area contributed by atoms with Crippen LogP contribution in [0.2, 0.25) is 0 Å². The SMILES string of the molecule is CN1CCN(C2CC2CN2CCN(C3CCC3)CC2)CC1. The fourth-order valence-corrected chi connectivity index (χ4v) is 4.42. The first-order valence-corrected chi connectivity index (χ1v) is 9.18. The van der Waals surface area contributed by atoms with E-state index in [0.29, 0.717) is 0 Å². The summed E-state index contributed by atoms with van der Waals surface area (Å²) in [6.07, 6.45) is 5.87. The lowest BCUT2D eigenvalue weighted by Crippen LogP contribution is -2.52. The molecule has 0 N–H and O–H groups in total. The molecule has 2 saturated heterocycles. The Morgan fingerprint density at radius 2 is 1.48 bits per heavy atom. The Labute approximate surface area is 130 Å². The molecule has 0 spiro atoms. The number of likely N-dealkylation sites (N-methyl/N-ethyl adjacent to an activating group) is 1. The first-order chi connectivity index (χ1) is 10.3. The van der Waals surface area contributed by atoms with Crippen LogP contribution >= 0.6 is 0 Å². The largest absolute Gasteiger partial charge is 0.304 e. The maximum absolute atomic E-state index is 2.76. The smallest absolute Gasteiger partial charge is 0.0141 e. The van der Waals surface area contributed by atoms with Gasteiger partial charge in [0.15, 0.2) is 0 Å². The Balaban J connectivity index is 1.17. The van der Waals surface area contributed by atoms with E-state index in [0.717, 1.165) is 18.0 Å². The second kappa shape index (κ2) is 6.15. The molecule has 2 aliphatic heterocycles. The van der Waals surface area contributed by atoms with Gasteiger partial charge in [0, 0.05) is 71.0 Å². The first kappa shape index (κ1) is 14.4. The molecular weight excluding hydrogens is 260 g/mol. The van der Waals surface area contributed by atoms with Crippen LogP contribution in [0.3, 0.4) is 0 Å². The molecule has 0 amide bonds. The summed E-state index contributed by atoms with van der Waals surface area (Å²) >= 11 is 0. The Morgan fingerprint density at radius 3 is 2.10 bits per heavy atom. The van der Waals surface area contributed by atoms with Crippen LogP contribution in [-0.2, 0) is 0 Å². The van der Waals surface area contributed by atoms with Crippen LogP contribution in [0.1, 0.15) is 25.7 Å². The van der Waals surface area contributed by atoms with E-state index in [1.54, 1.807) is 0 Å². The zero-order valence-electron chi connectivity index (χ0n) is 13.7. The average Bonchev–Trinajstić information content (AvgIpc) is 3.19. The van der Waals surface area contributed by atoms with Crippen molar-refractivity contribution in [1.29, 1.82) is 0 Å². The number of piperazine rings is 2. The minimum absolute atomic E-state index is 0.920. The van der Waals surface area contributed by atoms with Crippen molar-refractivity contribution < 1.29 is 0 Å². The molecule has 2 unspecified atom stereocenters. The summed E-state index contributed by atoms with van der Waals surface area (Å²) in [5.74, 6) is 0.976. The lowest BCUT2D eigenvalue weighted by atomic mass is 9.91. The van der Waals surface area contributed by atoms with Crippen molar-refractivity contribution >= 4 is 0 Å². The second-order valence-corrected chi connectivity index (χ2v) is 7.82. The molecule has 4 aliphatic rings. The molecule has 2 atom stereocenters. The molecule has 0 aromatic carbocycles. The standard InChI is InChI=1S/C17H32N4/c1-18-5-9-21(10-6-18)17-13-15(17)14-19-7-11-20(12-8-19)16-3-2-4-16/h15-17H,2-14H2,1H3. The van der Waals surface area contributed by atoms with E-state index in [2.05, 4.69) is 26.6 Å². The van der Waals surface area contributed by atoms with Crippen LogP contribution in [0.4, 0.5) is 0 Å². The molecule has 0 radical (unpaired) electrons. The van der Waals surface area contributed by atoms with Crippen LogP contribution in [0.5, 0.6) is 0 Å². The van der Waals surface area contributed by atoms with Crippen molar-refractivity contribution in [2.75, 3.05) is 66.0 Å². The molecule has 4 heteroatoms. The summed E-state index contributed by atoms with van der Waals surface area (Å²) in [5.41, 5.74) is 0. The van der Waals surface area contributed by atoms with Crippen molar-refractivity contribution in [2.45, 2.75) is 37.8 Å². The van der Waals surface area contributed by atoms with Gasteiger partial charge < -0.3 is 9.80 Å². The fraction of sp³-hybridized carbons (Fsp3) is 1.00. The van der Waals surface area contributed by atoms with Crippen LogP contribution in [-0.4, -0.2) is 97.6 Å². The van der Waals surface area contributed by atoms with Gasteiger partial charge in [-0.15, -0.1) is 0 Å². The van der Waals surface area contributed by atoms with E-state index in [9.17, 15) is 0 Å². The van der Waals surface area contributed by atoms with Crippen molar-refractivity contribution in [3.05, 3.63) is 0 Å². The van der Waals surface area contributed by atoms with Gasteiger partial charge in [-0.1, -0.05) is 6.42 Å². The third-order valence-corrected chi connectivity index (χ3v) is 6.38. The van der Waals surface area contributed by atoms with Gasteiger partial charge in [0.1, 0.15) is 0 Å². The molecule has 2 heterocycles. The highest BCUT2D eigenvalue weighted by atomic mass is 15.3. The molecule has 120 valence electrons. The van der Waals surface area contributed by atoms with Crippen molar-refractivity contribution in [3.8, 4) is 0 Å². The average molecular weight is 292 g/mol. The Kier molecular flexibility index (Phi) is 4.23. The highest BCUT2D eigenvalue weighted by Gasteiger charge is 2.43. The molecular formula is C17H32N4. The Morgan fingerprint density at radius 1 is 0.810 bits per heavy atom. The third-order valence-electron chi connectivity index (χ3n) is 6.38. The number of hydrogen-bond donors (Lipinski definition) is 0. The summed E-state index contributed by atoms with van der Waals surface area (Å²) in [7, 11) is 2.25. The molecule has 4 nitrogen and oxygen atoms in total. The molecule has 4 rings (SSSR count). The van der Waals surface area contributed by atoms with Crippen LogP contribution in [0.25, 0.3) is 0 Å². The normalized spacial score (nSPS) is 37.6.